The van der Waals surface area contributed by atoms with E-state index in [-0.39, 0.29) is 28.9 Å². The quantitative estimate of drug-likeness (QED) is 0.560. The van der Waals surface area contributed by atoms with Crippen LogP contribution in [0.3, 0.4) is 0 Å². The molecule has 0 spiro atoms. The number of hydrogen-bond acceptors (Lipinski definition) is 5. The highest BCUT2D eigenvalue weighted by Crippen LogP contribution is 2.40. The van der Waals surface area contributed by atoms with Crippen molar-refractivity contribution in [3.8, 4) is 0 Å². The Balaban J connectivity index is 0.00000180. The zero-order chi connectivity index (χ0) is 13.6. The van der Waals surface area contributed by atoms with E-state index in [4.69, 9.17) is 5.84 Å². The lowest BCUT2D eigenvalue weighted by atomic mass is 9.71. The average molecular weight is 267 g/mol. The van der Waals surface area contributed by atoms with Gasteiger partial charge in [-0.2, -0.15) is 0 Å². The van der Waals surface area contributed by atoms with Gasteiger partial charge in [0.2, 0.25) is 5.78 Å². The van der Waals surface area contributed by atoms with Crippen LogP contribution >= 0.6 is 0 Å². The van der Waals surface area contributed by atoms with Gasteiger partial charge >= 0.3 is 0 Å². The highest BCUT2D eigenvalue weighted by Gasteiger charge is 2.49. The Labute approximate surface area is 114 Å². The lowest BCUT2D eigenvalue weighted by molar-refractivity contribution is -0.0565. The Morgan fingerprint density at radius 1 is 1.47 bits per heavy atom. The second-order valence-corrected chi connectivity index (χ2v) is 6.23. The maximum atomic E-state index is 12.5. The van der Waals surface area contributed by atoms with E-state index in [1.807, 2.05) is 18.9 Å². The Hall–Kier alpha value is -1.24. The minimum atomic E-state index is -0.369. The van der Waals surface area contributed by atoms with Crippen molar-refractivity contribution in [2.45, 2.75) is 51.6 Å². The summed E-state index contributed by atoms with van der Waals surface area (Å²) in [5.41, 5.74) is -0.449. The molecule has 1 unspecified atom stereocenters. The molecule has 1 aromatic rings. The van der Waals surface area contributed by atoms with Crippen LogP contribution in [-0.2, 0) is 0 Å². The van der Waals surface area contributed by atoms with Gasteiger partial charge in [0.1, 0.15) is 0 Å². The number of piperidine rings is 1. The summed E-state index contributed by atoms with van der Waals surface area (Å²) in [5, 5.41) is 1.83. The molecule has 1 aromatic heterocycles. The first-order valence-corrected chi connectivity index (χ1v) is 6.35. The number of carbonyl (C=O) groups is 1. The summed E-state index contributed by atoms with van der Waals surface area (Å²) in [6.07, 6.45) is 5.03. The summed E-state index contributed by atoms with van der Waals surface area (Å²) in [5.74, 6) is 6.58. The summed E-state index contributed by atoms with van der Waals surface area (Å²) < 4.78 is 0. The molecule has 2 rings (SSSR count). The van der Waals surface area contributed by atoms with Crippen molar-refractivity contribution >= 4 is 5.78 Å². The predicted octanol–water partition coefficient (Wildman–Crippen LogP) is 1.90. The fourth-order valence-corrected chi connectivity index (χ4v) is 2.94. The van der Waals surface area contributed by atoms with E-state index in [2.05, 4.69) is 23.8 Å². The first-order chi connectivity index (χ1) is 8.27. The van der Waals surface area contributed by atoms with Gasteiger partial charge in [0.15, 0.2) is 5.82 Å². The number of carbonyl (C=O) groups excluding carboxylic acids is 1. The molecule has 19 heavy (non-hydrogen) atoms. The molecule has 1 aliphatic rings. The molecule has 0 radical (unpaired) electrons. The van der Waals surface area contributed by atoms with Gasteiger partial charge in [-0.25, -0.2) is 9.99 Å². The number of imidazole rings is 1. The third-order valence-corrected chi connectivity index (χ3v) is 4.22. The second-order valence-electron chi connectivity index (χ2n) is 6.23. The third-order valence-electron chi connectivity index (χ3n) is 4.22. The highest BCUT2D eigenvalue weighted by atomic mass is 16.1. The van der Waals surface area contributed by atoms with Gasteiger partial charge in [-0.3, -0.25) is 10.6 Å². The number of nitrogens with two attached hydrogens (primary N) is 1. The SMILES string of the molecule is CC1(C)CCC(C(=O)c2ncc[nH]2)C(C)(C)N1N.N. The molecule has 6 N–H and O–H groups in total. The fraction of sp³-hybridized carbons (Fsp3) is 0.692. The molecule has 0 aliphatic carbocycles. The number of hydrazine groups is 1. The highest BCUT2D eigenvalue weighted by molar-refractivity contribution is 5.95. The third kappa shape index (κ3) is 2.56. The van der Waals surface area contributed by atoms with Crippen molar-refractivity contribution in [3.63, 3.8) is 0 Å². The molecule has 108 valence electrons. The molecule has 1 saturated heterocycles. The number of H-pyrrole nitrogens is 1. The van der Waals surface area contributed by atoms with Gasteiger partial charge in [-0.05, 0) is 40.5 Å². The topological polar surface area (TPSA) is 110 Å². The lowest BCUT2D eigenvalue weighted by Crippen LogP contribution is -2.66. The van der Waals surface area contributed by atoms with Gasteiger partial charge < -0.3 is 11.1 Å². The fourth-order valence-electron chi connectivity index (χ4n) is 2.94. The molecular formula is C13H25N5O. The van der Waals surface area contributed by atoms with Crippen LogP contribution in [0, 0.1) is 5.92 Å². The van der Waals surface area contributed by atoms with E-state index in [9.17, 15) is 4.79 Å². The van der Waals surface area contributed by atoms with Crippen LogP contribution in [0.1, 0.15) is 51.2 Å². The van der Waals surface area contributed by atoms with Crippen molar-refractivity contribution in [1.82, 2.24) is 21.1 Å². The van der Waals surface area contributed by atoms with E-state index in [0.717, 1.165) is 12.8 Å². The number of ketones is 1. The maximum Gasteiger partial charge on any atom is 0.202 e. The molecule has 6 nitrogen and oxygen atoms in total. The first-order valence-electron chi connectivity index (χ1n) is 6.35. The summed E-state index contributed by atoms with van der Waals surface area (Å²) in [6.45, 7) is 8.28. The number of hydrogen-bond donors (Lipinski definition) is 3. The smallest absolute Gasteiger partial charge is 0.202 e. The van der Waals surface area contributed by atoms with Crippen molar-refractivity contribution in [2.24, 2.45) is 11.8 Å². The largest absolute Gasteiger partial charge is 0.344 e. The molecule has 6 heteroatoms. The van der Waals surface area contributed by atoms with Crippen LogP contribution in [-0.4, -0.2) is 31.8 Å². The predicted molar refractivity (Wildman–Crippen MR) is 74.8 cm³/mol. The number of nitrogens with one attached hydrogen (secondary N) is 1. The zero-order valence-electron chi connectivity index (χ0n) is 12.2. The maximum absolute atomic E-state index is 12.5. The molecule has 2 heterocycles. The summed E-state index contributed by atoms with van der Waals surface area (Å²) in [6, 6.07) is 0. The molecule has 0 amide bonds. The summed E-state index contributed by atoms with van der Waals surface area (Å²) >= 11 is 0. The van der Waals surface area contributed by atoms with Crippen LogP contribution in [0.15, 0.2) is 12.4 Å². The second kappa shape index (κ2) is 5.03. The Morgan fingerprint density at radius 3 is 2.63 bits per heavy atom. The molecule has 1 fully saturated rings. The van der Waals surface area contributed by atoms with Gasteiger partial charge in [0.05, 0.1) is 0 Å². The van der Waals surface area contributed by atoms with Gasteiger partial charge in [-0.15, -0.1) is 0 Å². The van der Waals surface area contributed by atoms with E-state index < -0.39 is 0 Å². The van der Waals surface area contributed by atoms with E-state index in [0.29, 0.717) is 5.82 Å². The number of rotatable bonds is 2. The van der Waals surface area contributed by atoms with Gasteiger partial charge in [0.25, 0.3) is 0 Å². The Morgan fingerprint density at radius 2 is 2.11 bits per heavy atom. The molecule has 1 atom stereocenters. The zero-order valence-corrected chi connectivity index (χ0v) is 12.2. The van der Waals surface area contributed by atoms with Gasteiger partial charge in [0, 0.05) is 29.4 Å². The lowest BCUT2D eigenvalue weighted by Gasteiger charge is -2.53. The van der Waals surface area contributed by atoms with E-state index in [1.165, 1.54) is 0 Å². The standard InChI is InChI=1S/C13H22N4O.H3N/c1-12(2)6-5-9(13(3,4)17(12)14)10(18)11-15-7-8-16-11;/h7-9H,5-6,14H2,1-4H3,(H,15,16);1H3. The minimum absolute atomic E-state index is 0. The van der Waals surface area contributed by atoms with Gasteiger partial charge in [-0.1, -0.05) is 0 Å². The molecule has 0 aromatic carbocycles. The number of nitrogens with zero attached hydrogens (tertiary/aromatic N) is 2. The number of aromatic nitrogens is 2. The van der Waals surface area contributed by atoms with Crippen molar-refractivity contribution in [1.29, 1.82) is 0 Å². The molecular weight excluding hydrogens is 242 g/mol. The monoisotopic (exact) mass is 267 g/mol. The normalized spacial score (nSPS) is 25.6. The van der Waals surface area contributed by atoms with Crippen molar-refractivity contribution in [2.75, 3.05) is 0 Å². The van der Waals surface area contributed by atoms with E-state index in [1.54, 1.807) is 12.4 Å². The first kappa shape index (κ1) is 15.8. The summed E-state index contributed by atoms with van der Waals surface area (Å²) in [7, 11) is 0. The average Bonchev–Trinajstić information content (AvgIpc) is 2.79. The molecule has 0 bridgehead atoms. The number of aromatic amines is 1. The molecule has 1 aliphatic heterocycles. The number of Topliss-reactive ketones (excluding diaryl/α,β-unsaturated/α-hetero) is 1. The Kier molecular flexibility index (Phi) is 4.19. The van der Waals surface area contributed by atoms with Crippen LogP contribution in [0.5, 0.6) is 0 Å². The van der Waals surface area contributed by atoms with Crippen molar-refractivity contribution in [3.05, 3.63) is 18.2 Å². The van der Waals surface area contributed by atoms with Crippen LogP contribution in [0.4, 0.5) is 0 Å². The summed E-state index contributed by atoms with van der Waals surface area (Å²) in [4.78, 5) is 19.4. The van der Waals surface area contributed by atoms with Crippen LogP contribution < -0.4 is 12.0 Å². The minimum Gasteiger partial charge on any atom is -0.344 e. The van der Waals surface area contributed by atoms with Crippen LogP contribution in [0.2, 0.25) is 0 Å². The Bertz CT molecular complexity index is 438. The van der Waals surface area contributed by atoms with Crippen LogP contribution in [0.25, 0.3) is 0 Å². The molecule has 0 saturated carbocycles. The van der Waals surface area contributed by atoms with Crippen molar-refractivity contribution < 1.29 is 4.79 Å². The van der Waals surface area contributed by atoms with E-state index >= 15 is 0 Å².